The summed E-state index contributed by atoms with van der Waals surface area (Å²) < 4.78 is 6.57. The monoisotopic (exact) mass is 480 g/mol. The van der Waals surface area contributed by atoms with Crippen LogP contribution >= 0.6 is 15.9 Å². The Labute approximate surface area is 191 Å². The molecular weight excluding hydrogens is 456 g/mol. The van der Waals surface area contributed by atoms with E-state index in [1.54, 1.807) is 36.4 Å². The third kappa shape index (κ3) is 6.69. The minimum atomic E-state index is -0.269. The molecule has 0 aliphatic rings. The topological polar surface area (TPSA) is 67.4 Å². The summed E-state index contributed by atoms with van der Waals surface area (Å²) in [6, 6.07) is 21.9. The minimum Gasteiger partial charge on any atom is -0.493 e. The first-order valence-corrected chi connectivity index (χ1v) is 11.0. The van der Waals surface area contributed by atoms with Crippen LogP contribution in [0.5, 0.6) is 5.75 Å². The lowest BCUT2D eigenvalue weighted by Gasteiger charge is -2.12. The molecule has 0 atom stereocenters. The first-order valence-electron chi connectivity index (χ1n) is 10.2. The third-order valence-corrected chi connectivity index (χ3v) is 5.14. The van der Waals surface area contributed by atoms with E-state index in [2.05, 4.69) is 33.5 Å². The molecule has 0 bridgehead atoms. The highest BCUT2D eigenvalue weighted by atomic mass is 79.9. The van der Waals surface area contributed by atoms with E-state index < -0.39 is 0 Å². The van der Waals surface area contributed by atoms with Crippen LogP contribution in [0.25, 0.3) is 0 Å². The Bertz CT molecular complexity index is 1020. The predicted molar refractivity (Wildman–Crippen MR) is 127 cm³/mol. The summed E-state index contributed by atoms with van der Waals surface area (Å²) in [5.41, 5.74) is 2.62. The van der Waals surface area contributed by atoms with Crippen molar-refractivity contribution < 1.29 is 14.3 Å². The highest BCUT2D eigenvalue weighted by Gasteiger charge is 2.14. The van der Waals surface area contributed by atoms with Crippen LogP contribution in [0.3, 0.4) is 0 Å². The minimum absolute atomic E-state index is 0.166. The molecule has 3 aromatic rings. The van der Waals surface area contributed by atoms with Gasteiger partial charge in [0.15, 0.2) is 0 Å². The van der Waals surface area contributed by atoms with Gasteiger partial charge in [0.1, 0.15) is 5.75 Å². The normalized spacial score (nSPS) is 10.4. The third-order valence-electron chi connectivity index (χ3n) is 4.64. The molecule has 2 N–H and O–H groups in total. The summed E-state index contributed by atoms with van der Waals surface area (Å²) in [4.78, 5) is 25.2. The second-order valence-corrected chi connectivity index (χ2v) is 7.96. The van der Waals surface area contributed by atoms with Crippen LogP contribution in [-0.2, 0) is 6.54 Å². The first kappa shape index (κ1) is 22.6. The molecule has 0 aliphatic heterocycles. The van der Waals surface area contributed by atoms with Gasteiger partial charge in [0.05, 0.1) is 12.2 Å². The lowest BCUT2D eigenvalue weighted by atomic mass is 10.1. The van der Waals surface area contributed by atoms with Crippen molar-refractivity contribution in [3.05, 3.63) is 94.0 Å². The van der Waals surface area contributed by atoms with Crippen LogP contribution in [0.4, 0.5) is 5.69 Å². The van der Waals surface area contributed by atoms with E-state index in [1.165, 1.54) is 0 Å². The Morgan fingerprint density at radius 2 is 1.68 bits per heavy atom. The summed E-state index contributed by atoms with van der Waals surface area (Å²) >= 11 is 3.41. The number of rotatable bonds is 9. The molecular formula is C25H25BrN2O3. The summed E-state index contributed by atoms with van der Waals surface area (Å²) in [5, 5.41) is 5.76. The lowest BCUT2D eigenvalue weighted by molar-refractivity contribution is 0.0950. The maximum Gasteiger partial charge on any atom is 0.259 e. The van der Waals surface area contributed by atoms with Crippen molar-refractivity contribution in [3.8, 4) is 5.75 Å². The number of hydrogen-bond donors (Lipinski definition) is 2. The van der Waals surface area contributed by atoms with Gasteiger partial charge in [0, 0.05) is 22.3 Å². The van der Waals surface area contributed by atoms with Crippen molar-refractivity contribution >= 4 is 33.4 Å². The van der Waals surface area contributed by atoms with Crippen LogP contribution in [0.1, 0.15) is 46.0 Å². The molecule has 0 aromatic heterocycles. The average Bonchev–Trinajstić information content (AvgIpc) is 2.79. The Morgan fingerprint density at radius 1 is 0.935 bits per heavy atom. The largest absolute Gasteiger partial charge is 0.493 e. The second kappa shape index (κ2) is 11.3. The Balaban J connectivity index is 1.62. The van der Waals surface area contributed by atoms with E-state index in [0.29, 0.717) is 35.7 Å². The summed E-state index contributed by atoms with van der Waals surface area (Å²) in [7, 11) is 0. The maximum atomic E-state index is 12.8. The fourth-order valence-corrected chi connectivity index (χ4v) is 3.28. The molecule has 0 saturated heterocycles. The van der Waals surface area contributed by atoms with Crippen molar-refractivity contribution in [2.45, 2.75) is 26.3 Å². The van der Waals surface area contributed by atoms with Gasteiger partial charge < -0.3 is 15.4 Å². The zero-order valence-electron chi connectivity index (χ0n) is 17.4. The number of benzene rings is 3. The number of ether oxygens (including phenoxy) is 1. The van der Waals surface area contributed by atoms with Gasteiger partial charge in [-0.05, 0) is 54.4 Å². The SMILES string of the molecule is CCCCOc1ccc(Br)cc1C(=O)Nc1ccc(C(=O)NCc2ccccc2)cc1. The Kier molecular flexibility index (Phi) is 8.24. The lowest BCUT2D eigenvalue weighted by Crippen LogP contribution is -2.22. The van der Waals surface area contributed by atoms with Crippen molar-refractivity contribution in [2.75, 3.05) is 11.9 Å². The number of carbonyl (C=O) groups excluding carboxylic acids is 2. The van der Waals surface area contributed by atoms with E-state index >= 15 is 0 Å². The van der Waals surface area contributed by atoms with Crippen LogP contribution in [0.2, 0.25) is 0 Å². The van der Waals surface area contributed by atoms with Gasteiger partial charge in [0.2, 0.25) is 0 Å². The number of anilines is 1. The number of nitrogens with one attached hydrogen (secondary N) is 2. The summed E-state index contributed by atoms with van der Waals surface area (Å²) in [6.45, 7) is 3.11. The Morgan fingerprint density at radius 3 is 2.39 bits per heavy atom. The number of carbonyl (C=O) groups is 2. The number of unbranched alkanes of at least 4 members (excludes halogenated alkanes) is 1. The van der Waals surface area contributed by atoms with Gasteiger partial charge in [-0.25, -0.2) is 0 Å². The maximum absolute atomic E-state index is 12.8. The van der Waals surface area contributed by atoms with E-state index in [0.717, 1.165) is 22.9 Å². The van der Waals surface area contributed by atoms with Gasteiger partial charge in [-0.3, -0.25) is 9.59 Å². The highest BCUT2D eigenvalue weighted by molar-refractivity contribution is 9.10. The van der Waals surface area contributed by atoms with Crippen molar-refractivity contribution in [1.82, 2.24) is 5.32 Å². The van der Waals surface area contributed by atoms with Crippen LogP contribution in [-0.4, -0.2) is 18.4 Å². The molecule has 5 nitrogen and oxygen atoms in total. The molecule has 3 rings (SSSR count). The standard InChI is InChI=1S/C25H25BrN2O3/c1-2-3-15-31-23-14-11-20(26)16-22(23)25(30)28-21-12-9-19(10-13-21)24(29)27-17-18-7-5-4-6-8-18/h4-14,16H,2-3,15,17H2,1H3,(H,27,29)(H,28,30). The summed E-state index contributed by atoms with van der Waals surface area (Å²) in [6.07, 6.45) is 1.94. The second-order valence-electron chi connectivity index (χ2n) is 7.04. The number of hydrogen-bond acceptors (Lipinski definition) is 3. The smallest absolute Gasteiger partial charge is 0.259 e. The zero-order valence-corrected chi connectivity index (χ0v) is 18.9. The van der Waals surface area contributed by atoms with Crippen LogP contribution in [0, 0.1) is 0 Å². The van der Waals surface area contributed by atoms with E-state index in [9.17, 15) is 9.59 Å². The van der Waals surface area contributed by atoms with Crippen LogP contribution < -0.4 is 15.4 Å². The number of halogens is 1. The van der Waals surface area contributed by atoms with Gasteiger partial charge in [-0.15, -0.1) is 0 Å². The van der Waals surface area contributed by atoms with E-state index in [1.807, 2.05) is 36.4 Å². The summed E-state index contributed by atoms with van der Waals surface area (Å²) in [5.74, 6) is 0.112. The zero-order chi connectivity index (χ0) is 22.1. The Hall–Kier alpha value is -3.12. The van der Waals surface area contributed by atoms with Gasteiger partial charge in [0.25, 0.3) is 11.8 Å². The van der Waals surface area contributed by atoms with Crippen molar-refractivity contribution in [2.24, 2.45) is 0 Å². The quantitative estimate of drug-likeness (QED) is 0.379. The fourth-order valence-electron chi connectivity index (χ4n) is 2.92. The van der Waals surface area contributed by atoms with Crippen molar-refractivity contribution in [3.63, 3.8) is 0 Å². The predicted octanol–water partition coefficient (Wildman–Crippen LogP) is 5.81. The van der Waals surface area contributed by atoms with Gasteiger partial charge >= 0.3 is 0 Å². The van der Waals surface area contributed by atoms with E-state index in [4.69, 9.17) is 4.74 Å². The molecule has 0 heterocycles. The van der Waals surface area contributed by atoms with Crippen LogP contribution in [0.15, 0.2) is 77.3 Å². The highest BCUT2D eigenvalue weighted by Crippen LogP contribution is 2.25. The molecule has 0 saturated carbocycles. The molecule has 6 heteroatoms. The molecule has 2 amide bonds. The van der Waals surface area contributed by atoms with Gasteiger partial charge in [-0.2, -0.15) is 0 Å². The molecule has 160 valence electrons. The molecule has 0 radical (unpaired) electrons. The molecule has 0 fully saturated rings. The number of amides is 2. The molecule has 31 heavy (non-hydrogen) atoms. The fraction of sp³-hybridized carbons (Fsp3) is 0.200. The average molecular weight is 481 g/mol. The van der Waals surface area contributed by atoms with Gasteiger partial charge in [-0.1, -0.05) is 59.6 Å². The molecule has 0 unspecified atom stereocenters. The molecule has 0 aliphatic carbocycles. The van der Waals surface area contributed by atoms with Crippen molar-refractivity contribution in [1.29, 1.82) is 0 Å². The van der Waals surface area contributed by atoms with E-state index in [-0.39, 0.29) is 11.8 Å². The molecule has 0 spiro atoms. The molecule has 3 aromatic carbocycles. The first-order chi connectivity index (χ1) is 15.1.